The maximum atomic E-state index is 12.2. The zero-order valence-corrected chi connectivity index (χ0v) is 18.4. The lowest BCUT2D eigenvalue weighted by molar-refractivity contribution is -0.113. The summed E-state index contributed by atoms with van der Waals surface area (Å²) in [7, 11) is 1.89. The lowest BCUT2D eigenvalue weighted by atomic mass is 10.2. The molecule has 0 saturated heterocycles. The number of benzene rings is 1. The molecule has 152 valence electrons. The number of nitrogens with zero attached hydrogens (tertiary/aromatic N) is 2. The minimum Gasteiger partial charge on any atom is -0.351 e. The van der Waals surface area contributed by atoms with Crippen LogP contribution < -0.4 is 10.6 Å². The van der Waals surface area contributed by atoms with Gasteiger partial charge in [-0.05, 0) is 46.7 Å². The first-order valence-electron chi connectivity index (χ1n) is 8.99. The number of carbonyl (C=O) groups excluding carboxylic acids is 2. The van der Waals surface area contributed by atoms with Gasteiger partial charge in [0.25, 0.3) is 5.91 Å². The Morgan fingerprint density at radius 2 is 2.03 bits per heavy atom. The van der Waals surface area contributed by atoms with Gasteiger partial charge in [-0.1, -0.05) is 11.8 Å². The number of hydrogen-bond acceptors (Lipinski definition) is 6. The predicted octanol–water partition coefficient (Wildman–Crippen LogP) is 3.88. The summed E-state index contributed by atoms with van der Waals surface area (Å²) in [5.41, 5.74) is 2.56. The monoisotopic (exact) mass is 446 g/mol. The minimum atomic E-state index is -0.113. The zero-order valence-electron chi connectivity index (χ0n) is 16.0. The van der Waals surface area contributed by atoms with E-state index in [2.05, 4.69) is 32.4 Å². The van der Waals surface area contributed by atoms with Gasteiger partial charge < -0.3 is 15.2 Å². The molecule has 0 aliphatic carbocycles. The number of nitrogens with one attached hydrogen (secondary N) is 2. The van der Waals surface area contributed by atoms with Gasteiger partial charge in [-0.3, -0.25) is 9.59 Å². The van der Waals surface area contributed by atoms with Crippen LogP contribution in [0.15, 0.2) is 58.6 Å². The molecule has 3 aromatic rings. The molecule has 0 radical (unpaired) electrons. The lowest BCUT2D eigenvalue weighted by Crippen LogP contribution is -2.25. The molecule has 2 amide bonds. The molecule has 0 unspecified atom stereocenters. The van der Waals surface area contributed by atoms with Crippen LogP contribution in [0.5, 0.6) is 0 Å². The fourth-order valence-corrected chi connectivity index (χ4v) is 4.74. The number of imidazole rings is 1. The van der Waals surface area contributed by atoms with Crippen molar-refractivity contribution in [2.45, 2.75) is 10.9 Å². The number of aromatic nitrogens is 2. The smallest absolute Gasteiger partial charge is 0.251 e. The Morgan fingerprint density at radius 3 is 2.72 bits per heavy atom. The standard InChI is InChI=1S/C20H22N4O2S3/c1-24-9-7-22-20(24)29-14-18(25)23-17-4-2-16(3-5-17)19(26)21-8-11-28-13-15-6-10-27-12-15/h2-7,9-10,12H,8,11,13-14H2,1H3,(H,21,26)(H,23,25). The molecule has 0 bridgehead atoms. The molecule has 0 saturated carbocycles. The van der Waals surface area contributed by atoms with Crippen LogP contribution in [-0.2, 0) is 17.6 Å². The molecule has 0 aliphatic heterocycles. The van der Waals surface area contributed by atoms with Gasteiger partial charge in [-0.2, -0.15) is 23.1 Å². The third-order valence-electron chi connectivity index (χ3n) is 3.92. The first-order valence-corrected chi connectivity index (χ1v) is 12.1. The van der Waals surface area contributed by atoms with E-state index in [9.17, 15) is 9.59 Å². The second kappa shape index (κ2) is 11.1. The van der Waals surface area contributed by atoms with E-state index in [1.54, 1.807) is 53.6 Å². The van der Waals surface area contributed by atoms with Crippen LogP contribution in [0.25, 0.3) is 0 Å². The molecular formula is C20H22N4O2S3. The normalized spacial score (nSPS) is 10.7. The number of aryl methyl sites for hydroxylation is 1. The van der Waals surface area contributed by atoms with Gasteiger partial charge >= 0.3 is 0 Å². The molecule has 1 aromatic carbocycles. The molecule has 0 atom stereocenters. The van der Waals surface area contributed by atoms with Gasteiger partial charge in [-0.15, -0.1) is 0 Å². The Labute approximate surface area is 182 Å². The highest BCUT2D eigenvalue weighted by Gasteiger charge is 2.08. The summed E-state index contributed by atoms with van der Waals surface area (Å²) < 4.78 is 1.87. The third kappa shape index (κ3) is 6.95. The summed E-state index contributed by atoms with van der Waals surface area (Å²) >= 11 is 4.87. The van der Waals surface area contributed by atoms with Gasteiger partial charge in [0.1, 0.15) is 0 Å². The van der Waals surface area contributed by atoms with Crippen molar-refractivity contribution in [2.24, 2.45) is 7.05 Å². The largest absolute Gasteiger partial charge is 0.351 e. The zero-order chi connectivity index (χ0) is 20.5. The topological polar surface area (TPSA) is 76.0 Å². The fourth-order valence-electron chi connectivity index (χ4n) is 2.43. The summed E-state index contributed by atoms with van der Waals surface area (Å²) in [4.78, 5) is 28.5. The van der Waals surface area contributed by atoms with Gasteiger partial charge in [0.15, 0.2) is 5.16 Å². The van der Waals surface area contributed by atoms with E-state index in [0.717, 1.165) is 16.7 Å². The fraction of sp³-hybridized carbons (Fsp3) is 0.250. The average Bonchev–Trinajstić information content (AvgIpc) is 3.38. The summed E-state index contributed by atoms with van der Waals surface area (Å²) in [6.07, 6.45) is 3.54. The van der Waals surface area contributed by atoms with Crippen LogP contribution in [0, 0.1) is 0 Å². The molecule has 2 heterocycles. The predicted molar refractivity (Wildman–Crippen MR) is 122 cm³/mol. The van der Waals surface area contributed by atoms with E-state index < -0.39 is 0 Å². The van der Waals surface area contributed by atoms with Crippen LogP contribution in [0.2, 0.25) is 0 Å². The van der Waals surface area contributed by atoms with E-state index >= 15 is 0 Å². The Hall–Kier alpha value is -2.23. The summed E-state index contributed by atoms with van der Waals surface area (Å²) in [5.74, 6) is 1.88. The molecule has 2 N–H and O–H groups in total. The average molecular weight is 447 g/mol. The Bertz CT molecular complexity index is 924. The molecule has 3 rings (SSSR count). The quantitative estimate of drug-likeness (QED) is 0.365. The molecule has 0 fully saturated rings. The van der Waals surface area contributed by atoms with Gasteiger partial charge in [-0.25, -0.2) is 4.98 Å². The molecule has 0 spiro atoms. The SMILES string of the molecule is Cn1ccnc1SCC(=O)Nc1ccc(C(=O)NCCSCc2ccsc2)cc1. The number of thiophene rings is 1. The second-order valence-corrected chi connectivity index (χ2v) is 9.00. The van der Waals surface area contributed by atoms with Crippen molar-refractivity contribution in [3.63, 3.8) is 0 Å². The van der Waals surface area contributed by atoms with Crippen LogP contribution in [0.3, 0.4) is 0 Å². The molecule has 9 heteroatoms. The summed E-state index contributed by atoms with van der Waals surface area (Å²) in [6.45, 7) is 0.622. The van der Waals surface area contributed by atoms with Gasteiger partial charge in [0, 0.05) is 48.7 Å². The highest BCUT2D eigenvalue weighted by Crippen LogP contribution is 2.16. The summed E-state index contributed by atoms with van der Waals surface area (Å²) in [6, 6.07) is 9.03. The van der Waals surface area contributed by atoms with Crippen LogP contribution >= 0.6 is 34.9 Å². The van der Waals surface area contributed by atoms with E-state index in [1.165, 1.54) is 17.3 Å². The van der Waals surface area contributed by atoms with Crippen LogP contribution in [0.4, 0.5) is 5.69 Å². The summed E-state index contributed by atoms with van der Waals surface area (Å²) in [5, 5.41) is 10.8. The van der Waals surface area contributed by atoms with E-state index in [-0.39, 0.29) is 17.6 Å². The van der Waals surface area contributed by atoms with Crippen molar-refractivity contribution in [1.82, 2.24) is 14.9 Å². The number of anilines is 1. The molecule has 0 aliphatic rings. The van der Waals surface area contributed by atoms with E-state index in [1.807, 2.05) is 17.8 Å². The molecule has 2 aromatic heterocycles. The highest BCUT2D eigenvalue weighted by atomic mass is 32.2. The second-order valence-electron chi connectivity index (χ2n) is 6.18. The first kappa shape index (κ1) is 21.5. The van der Waals surface area contributed by atoms with E-state index in [0.29, 0.717) is 17.8 Å². The number of hydrogen-bond donors (Lipinski definition) is 2. The maximum absolute atomic E-state index is 12.2. The Morgan fingerprint density at radius 1 is 1.21 bits per heavy atom. The van der Waals surface area contributed by atoms with Crippen molar-refractivity contribution >= 4 is 52.4 Å². The van der Waals surface area contributed by atoms with Gasteiger partial charge in [0.2, 0.25) is 5.91 Å². The molecular weight excluding hydrogens is 424 g/mol. The van der Waals surface area contributed by atoms with Crippen LogP contribution in [0.1, 0.15) is 15.9 Å². The number of rotatable bonds is 10. The van der Waals surface area contributed by atoms with Crippen molar-refractivity contribution in [2.75, 3.05) is 23.4 Å². The number of amides is 2. The van der Waals surface area contributed by atoms with Crippen molar-refractivity contribution in [1.29, 1.82) is 0 Å². The van der Waals surface area contributed by atoms with Crippen molar-refractivity contribution in [3.8, 4) is 0 Å². The van der Waals surface area contributed by atoms with E-state index in [4.69, 9.17) is 0 Å². The molecule has 6 nitrogen and oxygen atoms in total. The Kier molecular flexibility index (Phi) is 8.21. The maximum Gasteiger partial charge on any atom is 0.251 e. The first-order chi connectivity index (χ1) is 14.1. The minimum absolute atomic E-state index is 0.107. The van der Waals surface area contributed by atoms with Crippen molar-refractivity contribution in [3.05, 3.63) is 64.6 Å². The van der Waals surface area contributed by atoms with Gasteiger partial charge in [0.05, 0.1) is 5.75 Å². The lowest BCUT2D eigenvalue weighted by Gasteiger charge is -2.08. The van der Waals surface area contributed by atoms with Crippen molar-refractivity contribution < 1.29 is 9.59 Å². The molecule has 29 heavy (non-hydrogen) atoms. The third-order valence-corrected chi connectivity index (χ3v) is 6.74. The number of carbonyl (C=O) groups is 2. The Balaban J connectivity index is 1.36. The number of thioether (sulfide) groups is 2. The van der Waals surface area contributed by atoms with Crippen LogP contribution in [-0.4, -0.2) is 39.4 Å². The highest BCUT2D eigenvalue weighted by molar-refractivity contribution is 7.99.